The van der Waals surface area contributed by atoms with E-state index >= 15 is 0 Å². The molecule has 1 atom stereocenters. The Kier molecular flexibility index (Phi) is 4.40. The van der Waals surface area contributed by atoms with Gasteiger partial charge in [-0.1, -0.05) is 24.3 Å². The second-order valence-electron chi connectivity index (χ2n) is 6.31. The molecular formula is C21H18N4O2. The van der Waals surface area contributed by atoms with Crippen molar-refractivity contribution in [1.29, 1.82) is 0 Å². The molecule has 27 heavy (non-hydrogen) atoms. The highest BCUT2D eigenvalue weighted by molar-refractivity contribution is 6.05. The highest BCUT2D eigenvalue weighted by Gasteiger charge is 2.10. The average Bonchev–Trinajstić information content (AvgIpc) is 3.16. The molecule has 6 nitrogen and oxygen atoms in total. The number of aliphatic hydroxyl groups excluding tert-OH is 1. The SMILES string of the molecule is CC(O)c1cccc(NC(=O)c2cccc(-c3cnc4nccn4c3)c2)c1. The Bertz CT molecular complexity index is 1120. The predicted molar refractivity (Wildman–Crippen MR) is 103 cm³/mol. The van der Waals surface area contributed by atoms with E-state index < -0.39 is 6.10 Å². The number of benzene rings is 2. The number of rotatable bonds is 4. The van der Waals surface area contributed by atoms with Gasteiger partial charge in [0.1, 0.15) is 0 Å². The van der Waals surface area contributed by atoms with Gasteiger partial charge < -0.3 is 10.4 Å². The summed E-state index contributed by atoms with van der Waals surface area (Å²) in [6.07, 6.45) is 6.61. The van der Waals surface area contributed by atoms with Crippen LogP contribution < -0.4 is 5.32 Å². The maximum atomic E-state index is 12.6. The molecule has 1 amide bonds. The minimum Gasteiger partial charge on any atom is -0.389 e. The Balaban J connectivity index is 1.60. The van der Waals surface area contributed by atoms with E-state index in [-0.39, 0.29) is 5.91 Å². The smallest absolute Gasteiger partial charge is 0.255 e. The fourth-order valence-corrected chi connectivity index (χ4v) is 2.88. The number of carbonyl (C=O) groups is 1. The summed E-state index contributed by atoms with van der Waals surface area (Å²) in [5, 5.41) is 12.6. The van der Waals surface area contributed by atoms with Crippen LogP contribution in [0.4, 0.5) is 5.69 Å². The van der Waals surface area contributed by atoms with Crippen molar-refractivity contribution in [1.82, 2.24) is 14.4 Å². The van der Waals surface area contributed by atoms with Crippen LogP contribution >= 0.6 is 0 Å². The topological polar surface area (TPSA) is 79.5 Å². The minimum absolute atomic E-state index is 0.212. The van der Waals surface area contributed by atoms with Gasteiger partial charge in [0.05, 0.1) is 6.10 Å². The third kappa shape index (κ3) is 3.56. The lowest BCUT2D eigenvalue weighted by Crippen LogP contribution is -2.12. The Hall–Kier alpha value is -3.51. The maximum absolute atomic E-state index is 12.6. The number of amides is 1. The third-order valence-electron chi connectivity index (χ3n) is 4.33. The van der Waals surface area contributed by atoms with Crippen molar-refractivity contribution in [3.05, 3.63) is 84.4 Å². The number of carbonyl (C=O) groups excluding carboxylic acids is 1. The molecule has 0 fully saturated rings. The summed E-state index contributed by atoms with van der Waals surface area (Å²) in [5.41, 5.74) is 3.72. The lowest BCUT2D eigenvalue weighted by Gasteiger charge is -2.10. The van der Waals surface area contributed by atoms with Gasteiger partial charge in [-0.2, -0.15) is 0 Å². The van der Waals surface area contributed by atoms with E-state index in [9.17, 15) is 9.90 Å². The summed E-state index contributed by atoms with van der Waals surface area (Å²) in [4.78, 5) is 21.1. The number of anilines is 1. The molecule has 2 heterocycles. The lowest BCUT2D eigenvalue weighted by atomic mass is 10.1. The molecule has 0 saturated heterocycles. The maximum Gasteiger partial charge on any atom is 0.255 e. The minimum atomic E-state index is -0.587. The van der Waals surface area contributed by atoms with Gasteiger partial charge in [-0.05, 0) is 42.3 Å². The first-order valence-electron chi connectivity index (χ1n) is 8.59. The van der Waals surface area contributed by atoms with Gasteiger partial charge in [0, 0.05) is 41.6 Å². The molecule has 0 bridgehead atoms. The van der Waals surface area contributed by atoms with Crippen molar-refractivity contribution in [2.45, 2.75) is 13.0 Å². The molecule has 2 aromatic carbocycles. The molecule has 6 heteroatoms. The zero-order chi connectivity index (χ0) is 18.8. The molecule has 0 aliphatic rings. The van der Waals surface area contributed by atoms with E-state index in [1.54, 1.807) is 43.6 Å². The summed E-state index contributed by atoms with van der Waals surface area (Å²) in [7, 11) is 0. The Morgan fingerprint density at radius 2 is 1.96 bits per heavy atom. The Morgan fingerprint density at radius 1 is 1.11 bits per heavy atom. The number of nitrogens with zero attached hydrogens (tertiary/aromatic N) is 3. The van der Waals surface area contributed by atoms with Crippen molar-refractivity contribution < 1.29 is 9.90 Å². The summed E-state index contributed by atoms with van der Waals surface area (Å²) < 4.78 is 1.84. The van der Waals surface area contributed by atoms with Gasteiger partial charge in [-0.3, -0.25) is 9.20 Å². The van der Waals surface area contributed by atoms with Crippen LogP contribution in [-0.4, -0.2) is 25.4 Å². The molecule has 2 aromatic heterocycles. The molecule has 4 rings (SSSR count). The Labute approximate surface area is 156 Å². The van der Waals surface area contributed by atoms with Crippen LogP contribution in [0.3, 0.4) is 0 Å². The van der Waals surface area contributed by atoms with Crippen LogP contribution in [0.2, 0.25) is 0 Å². The number of aliphatic hydroxyl groups is 1. The quantitative estimate of drug-likeness (QED) is 0.583. The molecular weight excluding hydrogens is 340 g/mol. The second kappa shape index (κ2) is 7.01. The first-order valence-corrected chi connectivity index (χ1v) is 8.59. The molecule has 0 saturated carbocycles. The number of nitrogens with one attached hydrogen (secondary N) is 1. The van der Waals surface area contributed by atoms with Gasteiger partial charge in [0.15, 0.2) is 0 Å². The van der Waals surface area contributed by atoms with Gasteiger partial charge in [-0.15, -0.1) is 0 Å². The number of hydrogen-bond acceptors (Lipinski definition) is 4. The molecule has 0 aliphatic carbocycles. The van der Waals surface area contributed by atoms with E-state index in [1.165, 1.54) is 0 Å². The fraction of sp³-hybridized carbons (Fsp3) is 0.0952. The van der Waals surface area contributed by atoms with Crippen LogP contribution in [-0.2, 0) is 0 Å². The van der Waals surface area contributed by atoms with Crippen molar-refractivity contribution in [2.75, 3.05) is 5.32 Å². The van der Waals surface area contributed by atoms with E-state index in [0.717, 1.165) is 16.7 Å². The fourth-order valence-electron chi connectivity index (χ4n) is 2.88. The van der Waals surface area contributed by atoms with Crippen LogP contribution in [0.15, 0.2) is 73.3 Å². The number of hydrogen-bond donors (Lipinski definition) is 2. The van der Waals surface area contributed by atoms with Crippen LogP contribution in [0.25, 0.3) is 16.9 Å². The van der Waals surface area contributed by atoms with Gasteiger partial charge >= 0.3 is 0 Å². The monoisotopic (exact) mass is 358 g/mol. The van der Waals surface area contributed by atoms with Crippen molar-refractivity contribution in [3.8, 4) is 11.1 Å². The van der Waals surface area contributed by atoms with Crippen LogP contribution in [0, 0.1) is 0 Å². The summed E-state index contributed by atoms with van der Waals surface area (Å²) in [5.74, 6) is 0.418. The molecule has 1 unspecified atom stereocenters. The van der Waals surface area contributed by atoms with Crippen molar-refractivity contribution in [3.63, 3.8) is 0 Å². The molecule has 2 N–H and O–H groups in total. The van der Waals surface area contributed by atoms with Crippen molar-refractivity contribution >= 4 is 17.4 Å². The zero-order valence-corrected chi connectivity index (χ0v) is 14.7. The highest BCUT2D eigenvalue weighted by atomic mass is 16.3. The largest absolute Gasteiger partial charge is 0.389 e. The van der Waals surface area contributed by atoms with Crippen LogP contribution in [0.5, 0.6) is 0 Å². The van der Waals surface area contributed by atoms with Gasteiger partial charge in [0.2, 0.25) is 5.78 Å². The normalized spacial score (nSPS) is 12.1. The molecule has 0 aliphatic heterocycles. The molecule has 4 aromatic rings. The second-order valence-corrected chi connectivity index (χ2v) is 6.31. The van der Waals surface area contributed by atoms with E-state index in [4.69, 9.17) is 0 Å². The summed E-state index contributed by atoms with van der Waals surface area (Å²) >= 11 is 0. The summed E-state index contributed by atoms with van der Waals surface area (Å²) in [6, 6.07) is 14.6. The first kappa shape index (κ1) is 16.9. The summed E-state index contributed by atoms with van der Waals surface area (Å²) in [6.45, 7) is 1.69. The average molecular weight is 358 g/mol. The van der Waals surface area contributed by atoms with Crippen LogP contribution in [0.1, 0.15) is 28.9 Å². The Morgan fingerprint density at radius 3 is 2.81 bits per heavy atom. The predicted octanol–water partition coefficient (Wildman–Crippen LogP) is 3.70. The molecule has 134 valence electrons. The number of fused-ring (bicyclic) bond motifs is 1. The zero-order valence-electron chi connectivity index (χ0n) is 14.7. The number of imidazole rings is 1. The van der Waals surface area contributed by atoms with Crippen molar-refractivity contribution in [2.24, 2.45) is 0 Å². The van der Waals surface area contributed by atoms with E-state index in [2.05, 4.69) is 15.3 Å². The lowest BCUT2D eigenvalue weighted by molar-refractivity contribution is 0.102. The first-order chi connectivity index (χ1) is 13.1. The van der Waals surface area contributed by atoms with Gasteiger partial charge in [-0.25, -0.2) is 9.97 Å². The van der Waals surface area contributed by atoms with E-state index in [0.29, 0.717) is 17.0 Å². The number of aromatic nitrogens is 3. The van der Waals surface area contributed by atoms with E-state index in [1.807, 2.05) is 41.1 Å². The highest BCUT2D eigenvalue weighted by Crippen LogP contribution is 2.22. The standard InChI is InChI=1S/C21H18N4O2/c1-14(26)15-4-3-7-19(11-15)24-20(27)17-6-2-5-16(10-17)18-12-23-21-22-8-9-25(21)13-18/h2-14,26H,1H3,(H,24,27). The third-order valence-corrected chi connectivity index (χ3v) is 4.33. The van der Waals surface area contributed by atoms with Gasteiger partial charge in [0.25, 0.3) is 5.91 Å². The molecule has 0 spiro atoms. The molecule has 0 radical (unpaired) electrons.